The van der Waals surface area contributed by atoms with Crippen molar-refractivity contribution in [3.8, 4) is 0 Å². The van der Waals surface area contributed by atoms with Crippen LogP contribution >= 0.6 is 0 Å². The van der Waals surface area contributed by atoms with Gasteiger partial charge in [0.2, 0.25) is 6.43 Å². The Balaban J connectivity index is 2.13. The van der Waals surface area contributed by atoms with Crippen LogP contribution in [0.25, 0.3) is 0 Å². The molecule has 1 heterocycles. The van der Waals surface area contributed by atoms with Crippen LogP contribution in [0.4, 0.5) is 8.78 Å². The van der Waals surface area contributed by atoms with E-state index in [0.717, 1.165) is 19.3 Å². The fourth-order valence-corrected chi connectivity index (χ4v) is 1.11. The molecule has 0 saturated carbocycles. The Kier molecular flexibility index (Phi) is 3.06. The van der Waals surface area contributed by atoms with Crippen LogP contribution in [0.2, 0.25) is 0 Å². The Labute approximate surface area is 59.4 Å². The first-order chi connectivity index (χ1) is 4.79. The predicted molar refractivity (Wildman–Crippen MR) is 33.8 cm³/mol. The molecule has 1 rings (SSSR count). The third kappa shape index (κ3) is 2.60. The Morgan fingerprint density at radius 1 is 1.30 bits per heavy atom. The quantitative estimate of drug-likeness (QED) is 0.582. The lowest BCUT2D eigenvalue weighted by Gasteiger charge is -2.20. The third-order valence-corrected chi connectivity index (χ3v) is 1.68. The molecule has 59 valence electrons. The van der Waals surface area contributed by atoms with E-state index in [1.54, 1.807) is 0 Å². The van der Waals surface area contributed by atoms with Gasteiger partial charge in [0.1, 0.15) is 0 Å². The Morgan fingerprint density at radius 2 is 1.90 bits per heavy atom. The zero-order valence-corrected chi connectivity index (χ0v) is 5.72. The molecule has 10 heavy (non-hydrogen) atoms. The van der Waals surface area contributed by atoms with Crippen LogP contribution in [-0.4, -0.2) is 19.6 Å². The van der Waals surface area contributed by atoms with Crippen molar-refractivity contribution in [2.45, 2.75) is 19.3 Å². The van der Waals surface area contributed by atoms with Crippen LogP contribution < -0.4 is 0 Å². The molecule has 1 saturated heterocycles. The highest BCUT2D eigenvalue weighted by atomic mass is 19.3. The number of hydrogen-bond donors (Lipinski definition) is 0. The molecular weight excluding hydrogens is 138 g/mol. The first-order valence-electron chi connectivity index (χ1n) is 3.50. The molecule has 0 aromatic carbocycles. The van der Waals surface area contributed by atoms with Crippen LogP contribution in [-0.2, 0) is 4.74 Å². The van der Waals surface area contributed by atoms with E-state index in [4.69, 9.17) is 4.74 Å². The zero-order chi connectivity index (χ0) is 7.40. The van der Waals surface area contributed by atoms with E-state index >= 15 is 0 Å². The monoisotopic (exact) mass is 149 g/mol. The smallest absolute Gasteiger partial charge is 0.242 e. The van der Waals surface area contributed by atoms with Crippen LogP contribution in [0.3, 0.4) is 0 Å². The molecule has 1 nitrogen and oxygen atoms in total. The van der Waals surface area contributed by atoms with E-state index in [9.17, 15) is 8.78 Å². The highest BCUT2D eigenvalue weighted by Crippen LogP contribution is 2.20. The molecule has 1 radical (unpaired) electrons. The molecule has 0 aromatic rings. The summed E-state index contributed by atoms with van der Waals surface area (Å²) in [5.74, 6) is 0.0775. The van der Waals surface area contributed by atoms with Gasteiger partial charge in [-0.3, -0.25) is 0 Å². The minimum atomic E-state index is -2.26. The molecule has 0 aliphatic carbocycles. The lowest BCUT2D eigenvalue weighted by atomic mass is 9.97. The van der Waals surface area contributed by atoms with Crippen molar-refractivity contribution >= 4 is 0 Å². The van der Waals surface area contributed by atoms with E-state index in [-0.39, 0.29) is 5.92 Å². The van der Waals surface area contributed by atoms with Crippen molar-refractivity contribution in [1.29, 1.82) is 0 Å². The normalized spacial score (nSPS) is 21.9. The van der Waals surface area contributed by atoms with E-state index in [1.807, 2.05) is 0 Å². The van der Waals surface area contributed by atoms with Gasteiger partial charge in [-0.15, -0.1) is 0 Å². The van der Waals surface area contributed by atoms with Gasteiger partial charge in [0.25, 0.3) is 0 Å². The number of rotatable bonds is 2. The van der Waals surface area contributed by atoms with Crippen molar-refractivity contribution in [2.75, 3.05) is 13.2 Å². The van der Waals surface area contributed by atoms with Gasteiger partial charge in [-0.25, -0.2) is 8.78 Å². The summed E-state index contributed by atoms with van der Waals surface area (Å²) in [6.45, 7) is 1.27. The maximum Gasteiger partial charge on any atom is 0.242 e. The van der Waals surface area contributed by atoms with Crippen LogP contribution in [0.5, 0.6) is 0 Å². The largest absolute Gasteiger partial charge is 0.381 e. The highest BCUT2D eigenvalue weighted by Gasteiger charge is 2.18. The lowest BCUT2D eigenvalue weighted by molar-refractivity contribution is 0.0620. The SMILES string of the molecule is FC(F)[CH]C1CCOCC1. The molecule has 0 atom stereocenters. The summed E-state index contributed by atoms with van der Waals surface area (Å²) in [6, 6.07) is 0. The molecule has 0 bridgehead atoms. The molecule has 0 amide bonds. The van der Waals surface area contributed by atoms with Gasteiger partial charge in [0, 0.05) is 19.6 Å². The lowest BCUT2D eigenvalue weighted by Crippen LogP contribution is -2.18. The maximum atomic E-state index is 11.7. The minimum Gasteiger partial charge on any atom is -0.381 e. The van der Waals surface area contributed by atoms with Gasteiger partial charge in [-0.05, 0) is 18.8 Å². The maximum absolute atomic E-state index is 11.7. The summed E-state index contributed by atoms with van der Waals surface area (Å²) < 4.78 is 28.5. The fourth-order valence-electron chi connectivity index (χ4n) is 1.11. The van der Waals surface area contributed by atoms with Gasteiger partial charge in [-0.2, -0.15) is 0 Å². The summed E-state index contributed by atoms with van der Waals surface area (Å²) in [6.07, 6.45) is 0.361. The Hall–Kier alpha value is -0.180. The molecule has 1 fully saturated rings. The van der Waals surface area contributed by atoms with Crippen molar-refractivity contribution in [1.82, 2.24) is 0 Å². The highest BCUT2D eigenvalue weighted by molar-refractivity contribution is 4.80. The van der Waals surface area contributed by atoms with Gasteiger partial charge in [0.15, 0.2) is 0 Å². The molecule has 3 heteroatoms. The number of alkyl halides is 2. The van der Waals surface area contributed by atoms with E-state index < -0.39 is 6.43 Å². The van der Waals surface area contributed by atoms with Crippen LogP contribution in [0, 0.1) is 12.3 Å². The van der Waals surface area contributed by atoms with E-state index in [2.05, 4.69) is 0 Å². The summed E-state index contributed by atoms with van der Waals surface area (Å²) >= 11 is 0. The average Bonchev–Trinajstić information content (AvgIpc) is 1.88. The first-order valence-corrected chi connectivity index (χ1v) is 3.50. The van der Waals surface area contributed by atoms with E-state index in [0.29, 0.717) is 13.2 Å². The zero-order valence-electron chi connectivity index (χ0n) is 5.72. The van der Waals surface area contributed by atoms with Crippen LogP contribution in [0.1, 0.15) is 12.8 Å². The van der Waals surface area contributed by atoms with Crippen LogP contribution in [0.15, 0.2) is 0 Å². The van der Waals surface area contributed by atoms with Crippen molar-refractivity contribution in [2.24, 2.45) is 5.92 Å². The van der Waals surface area contributed by atoms with Crippen molar-refractivity contribution in [3.05, 3.63) is 6.42 Å². The second kappa shape index (κ2) is 3.86. The fraction of sp³-hybridized carbons (Fsp3) is 0.857. The standard InChI is InChI=1S/C7H11F2O/c8-7(9)5-6-1-3-10-4-2-6/h5-7H,1-4H2. The second-order valence-corrected chi connectivity index (χ2v) is 2.48. The van der Waals surface area contributed by atoms with Crippen molar-refractivity contribution in [3.63, 3.8) is 0 Å². The molecule has 0 spiro atoms. The summed E-state index contributed by atoms with van der Waals surface area (Å²) in [7, 11) is 0. The minimum absolute atomic E-state index is 0.0775. The number of hydrogen-bond acceptors (Lipinski definition) is 1. The topological polar surface area (TPSA) is 9.23 Å². The number of halogens is 2. The molecule has 0 aromatic heterocycles. The Morgan fingerprint density at radius 3 is 2.40 bits per heavy atom. The summed E-state index contributed by atoms with van der Waals surface area (Å²) in [5, 5.41) is 0. The molecule has 1 aliphatic rings. The third-order valence-electron chi connectivity index (χ3n) is 1.68. The average molecular weight is 149 g/mol. The summed E-state index contributed by atoms with van der Waals surface area (Å²) in [5.41, 5.74) is 0. The molecule has 0 N–H and O–H groups in total. The summed E-state index contributed by atoms with van der Waals surface area (Å²) in [4.78, 5) is 0. The Bertz CT molecular complexity index is 89.6. The molecule has 1 aliphatic heterocycles. The van der Waals surface area contributed by atoms with Crippen molar-refractivity contribution < 1.29 is 13.5 Å². The van der Waals surface area contributed by atoms with Gasteiger partial charge in [-0.1, -0.05) is 0 Å². The van der Waals surface area contributed by atoms with Gasteiger partial charge < -0.3 is 4.74 Å². The number of ether oxygens (including phenoxy) is 1. The molecule has 0 unspecified atom stereocenters. The second-order valence-electron chi connectivity index (χ2n) is 2.48. The van der Waals surface area contributed by atoms with Gasteiger partial charge in [0.05, 0.1) is 0 Å². The first kappa shape index (κ1) is 7.92. The molecular formula is C7H11F2O. The van der Waals surface area contributed by atoms with Gasteiger partial charge >= 0.3 is 0 Å². The van der Waals surface area contributed by atoms with E-state index in [1.165, 1.54) is 0 Å². The predicted octanol–water partition coefficient (Wildman–Crippen LogP) is 1.88.